The second-order valence-electron chi connectivity index (χ2n) is 4.83. The molecule has 1 amide bonds. The van der Waals surface area contributed by atoms with Crippen molar-refractivity contribution >= 4 is 58.0 Å². The van der Waals surface area contributed by atoms with Crippen molar-refractivity contribution in [3.63, 3.8) is 0 Å². The Morgan fingerprint density at radius 1 is 1.00 bits per heavy atom. The molecule has 7 heteroatoms. The largest absolute Gasteiger partial charge is 0.361 e. The van der Waals surface area contributed by atoms with E-state index in [0.717, 1.165) is 5.56 Å². The Hall–Kier alpha value is -1.13. The molecule has 0 aliphatic heterocycles. The van der Waals surface area contributed by atoms with Gasteiger partial charge < -0.3 is 10.6 Å². The van der Waals surface area contributed by atoms with Crippen LogP contribution in [0.15, 0.2) is 54.6 Å². The second-order valence-corrected chi connectivity index (χ2v) is 7.60. The van der Waals surface area contributed by atoms with Crippen LogP contribution < -0.4 is 10.6 Å². The molecule has 0 saturated carbocycles. The van der Waals surface area contributed by atoms with Gasteiger partial charge in [0.15, 0.2) is 0 Å². The number of rotatable bonds is 5. The molecular formula is C16H14Cl4N2O. The quantitative estimate of drug-likeness (QED) is 0.567. The van der Waals surface area contributed by atoms with Gasteiger partial charge in [-0.25, -0.2) is 0 Å². The molecule has 1 atom stereocenters. The number of hydrogen-bond donors (Lipinski definition) is 2. The molecule has 0 aliphatic carbocycles. The second kappa shape index (κ2) is 8.11. The number of hydrogen-bond acceptors (Lipinski definition) is 2. The molecule has 2 rings (SSSR count). The minimum Gasteiger partial charge on any atom is -0.361 e. The van der Waals surface area contributed by atoms with Gasteiger partial charge in [0.1, 0.15) is 6.17 Å². The number of halogens is 4. The Labute approximate surface area is 154 Å². The lowest BCUT2D eigenvalue weighted by molar-refractivity contribution is -0.120. The molecule has 0 saturated heterocycles. The number of alkyl halides is 3. The molecule has 3 nitrogen and oxygen atoms in total. The molecule has 23 heavy (non-hydrogen) atoms. The van der Waals surface area contributed by atoms with Gasteiger partial charge in [0.05, 0.1) is 17.1 Å². The van der Waals surface area contributed by atoms with Gasteiger partial charge in [0.25, 0.3) is 0 Å². The summed E-state index contributed by atoms with van der Waals surface area (Å²) in [6.45, 7) is 0. The third-order valence-corrected chi connectivity index (χ3v) is 4.00. The van der Waals surface area contributed by atoms with Crippen molar-refractivity contribution in [3.05, 3.63) is 65.2 Å². The fourth-order valence-electron chi connectivity index (χ4n) is 1.93. The number of para-hydroxylation sites is 1. The lowest BCUT2D eigenvalue weighted by Crippen LogP contribution is -2.49. The maximum absolute atomic E-state index is 12.2. The van der Waals surface area contributed by atoms with E-state index in [1.807, 2.05) is 30.3 Å². The van der Waals surface area contributed by atoms with Gasteiger partial charge >= 0.3 is 0 Å². The number of amides is 1. The van der Waals surface area contributed by atoms with Gasteiger partial charge in [-0.05, 0) is 17.7 Å². The SMILES string of the molecule is O=C(Cc1ccccc1)N[C@@H](Nc1ccccc1Cl)C(Cl)(Cl)Cl. The van der Waals surface area contributed by atoms with E-state index in [1.165, 1.54) is 0 Å². The highest BCUT2D eigenvalue weighted by atomic mass is 35.6. The molecule has 0 fully saturated rings. The highest BCUT2D eigenvalue weighted by Gasteiger charge is 2.34. The van der Waals surface area contributed by atoms with E-state index >= 15 is 0 Å². The van der Waals surface area contributed by atoms with Crippen molar-refractivity contribution in [2.24, 2.45) is 0 Å². The summed E-state index contributed by atoms with van der Waals surface area (Å²) in [5.41, 5.74) is 1.43. The first-order valence-corrected chi connectivity index (χ1v) is 8.28. The number of benzene rings is 2. The Morgan fingerprint density at radius 3 is 2.22 bits per heavy atom. The van der Waals surface area contributed by atoms with Crippen LogP contribution in [0.4, 0.5) is 5.69 Å². The molecule has 2 aromatic carbocycles. The molecule has 122 valence electrons. The number of anilines is 1. The molecule has 0 aliphatic rings. The third kappa shape index (κ3) is 5.78. The molecular weight excluding hydrogens is 378 g/mol. The van der Waals surface area contributed by atoms with Crippen molar-refractivity contribution in [1.82, 2.24) is 5.32 Å². The van der Waals surface area contributed by atoms with Gasteiger partial charge in [-0.1, -0.05) is 88.9 Å². The van der Waals surface area contributed by atoms with Crippen molar-refractivity contribution in [1.29, 1.82) is 0 Å². The highest BCUT2D eigenvalue weighted by Crippen LogP contribution is 2.32. The smallest absolute Gasteiger partial charge is 0.228 e. The summed E-state index contributed by atoms with van der Waals surface area (Å²) >= 11 is 24.0. The molecule has 0 spiro atoms. The van der Waals surface area contributed by atoms with Crippen molar-refractivity contribution in [2.75, 3.05) is 5.32 Å². The van der Waals surface area contributed by atoms with Crippen LogP contribution in [-0.2, 0) is 11.2 Å². The van der Waals surface area contributed by atoms with Crippen LogP contribution in [0.3, 0.4) is 0 Å². The summed E-state index contributed by atoms with van der Waals surface area (Å²) in [4.78, 5) is 12.2. The predicted octanol–water partition coefficient (Wildman–Crippen LogP) is 4.81. The molecule has 2 aromatic rings. The molecule has 0 aromatic heterocycles. The van der Waals surface area contributed by atoms with Crippen LogP contribution >= 0.6 is 46.4 Å². The first-order chi connectivity index (χ1) is 10.9. The number of carbonyl (C=O) groups excluding carboxylic acids is 1. The zero-order chi connectivity index (χ0) is 16.9. The Bertz CT molecular complexity index is 659. The van der Waals surface area contributed by atoms with E-state index in [4.69, 9.17) is 46.4 Å². The van der Waals surface area contributed by atoms with Gasteiger partial charge in [0.2, 0.25) is 9.70 Å². The number of nitrogens with one attached hydrogen (secondary N) is 2. The monoisotopic (exact) mass is 390 g/mol. The number of carbonyl (C=O) groups is 1. The van der Waals surface area contributed by atoms with Crippen molar-refractivity contribution in [2.45, 2.75) is 16.4 Å². The molecule has 0 bridgehead atoms. The zero-order valence-corrected chi connectivity index (χ0v) is 14.9. The topological polar surface area (TPSA) is 41.1 Å². The van der Waals surface area contributed by atoms with Gasteiger partial charge in [-0.3, -0.25) is 4.79 Å². The minimum atomic E-state index is -1.74. The fourth-order valence-corrected chi connectivity index (χ4v) is 2.44. The summed E-state index contributed by atoms with van der Waals surface area (Å²) in [5, 5.41) is 6.08. The normalized spacial score (nSPS) is 12.5. The van der Waals surface area contributed by atoms with Gasteiger partial charge in [-0.2, -0.15) is 0 Å². The van der Waals surface area contributed by atoms with Gasteiger partial charge in [-0.15, -0.1) is 0 Å². The maximum atomic E-state index is 12.2. The fraction of sp³-hybridized carbons (Fsp3) is 0.188. The van der Waals surface area contributed by atoms with Crippen molar-refractivity contribution < 1.29 is 4.79 Å². The first kappa shape index (κ1) is 18.2. The predicted molar refractivity (Wildman–Crippen MR) is 97.4 cm³/mol. The van der Waals surface area contributed by atoms with Crippen LogP contribution in [0.1, 0.15) is 5.56 Å². The van der Waals surface area contributed by atoms with Gasteiger partial charge in [0, 0.05) is 0 Å². The Kier molecular flexibility index (Phi) is 6.42. The van der Waals surface area contributed by atoms with E-state index in [-0.39, 0.29) is 12.3 Å². The van der Waals surface area contributed by atoms with Crippen LogP contribution in [0.2, 0.25) is 5.02 Å². The molecule has 0 unspecified atom stereocenters. The van der Waals surface area contributed by atoms with E-state index in [9.17, 15) is 4.79 Å². The van der Waals surface area contributed by atoms with Crippen LogP contribution in [0.25, 0.3) is 0 Å². The Morgan fingerprint density at radius 2 is 1.61 bits per heavy atom. The van der Waals surface area contributed by atoms with E-state index < -0.39 is 9.96 Å². The minimum absolute atomic E-state index is 0.183. The molecule has 0 radical (unpaired) electrons. The summed E-state index contributed by atoms with van der Waals surface area (Å²) in [5.74, 6) is -0.271. The van der Waals surface area contributed by atoms with Crippen LogP contribution in [0, 0.1) is 0 Å². The summed E-state index contributed by atoms with van der Waals surface area (Å²) < 4.78 is -1.74. The average molecular weight is 392 g/mol. The lowest BCUT2D eigenvalue weighted by Gasteiger charge is -2.27. The van der Waals surface area contributed by atoms with Crippen LogP contribution in [0.5, 0.6) is 0 Å². The summed E-state index contributed by atoms with van der Waals surface area (Å²) in [6, 6.07) is 16.3. The van der Waals surface area contributed by atoms with Crippen LogP contribution in [-0.4, -0.2) is 15.9 Å². The average Bonchev–Trinajstić information content (AvgIpc) is 2.48. The third-order valence-electron chi connectivity index (χ3n) is 3.01. The van der Waals surface area contributed by atoms with E-state index in [1.54, 1.807) is 24.3 Å². The zero-order valence-electron chi connectivity index (χ0n) is 11.9. The van der Waals surface area contributed by atoms with E-state index in [2.05, 4.69) is 10.6 Å². The molecule has 0 heterocycles. The summed E-state index contributed by atoms with van der Waals surface area (Å²) in [7, 11) is 0. The standard InChI is InChI=1S/C16H14Cl4N2O/c17-12-8-4-5-9-13(12)21-15(16(18,19)20)22-14(23)10-11-6-2-1-3-7-11/h1-9,15,21H,10H2,(H,22,23)/t15-/m1/s1. The first-order valence-electron chi connectivity index (χ1n) is 6.77. The van der Waals surface area contributed by atoms with E-state index in [0.29, 0.717) is 10.7 Å². The lowest BCUT2D eigenvalue weighted by atomic mass is 10.1. The maximum Gasteiger partial charge on any atom is 0.228 e. The molecule has 2 N–H and O–H groups in total. The van der Waals surface area contributed by atoms with Crippen molar-refractivity contribution in [3.8, 4) is 0 Å². The highest BCUT2D eigenvalue weighted by molar-refractivity contribution is 6.68. The Balaban J connectivity index is 2.07. The summed E-state index contributed by atoms with van der Waals surface area (Å²) in [6.07, 6.45) is -0.744.